The molecule has 0 rings (SSSR count). The number of hydrogen-bond acceptors (Lipinski definition) is 2. The predicted octanol–water partition coefficient (Wildman–Crippen LogP) is 3.65. The summed E-state index contributed by atoms with van der Waals surface area (Å²) >= 11 is 0. The number of unbranched alkanes of at least 4 members (excludes halogenated alkanes) is 2. The van der Waals surface area contributed by atoms with Gasteiger partial charge in [0.15, 0.2) is 0 Å². The van der Waals surface area contributed by atoms with Crippen LogP contribution in [0.25, 0.3) is 0 Å². The fourth-order valence-corrected chi connectivity index (χ4v) is 3.54. The number of rotatable bonds is 6. The fraction of sp³-hybridized carbons (Fsp3) is 1.00. The van der Waals surface area contributed by atoms with Crippen molar-refractivity contribution in [2.75, 3.05) is 12.8 Å². The summed E-state index contributed by atoms with van der Waals surface area (Å²) in [6, 6.07) is 0. The van der Waals surface area contributed by atoms with Crippen LogP contribution in [0.4, 0.5) is 0 Å². The molecule has 0 spiro atoms. The van der Waals surface area contributed by atoms with Gasteiger partial charge in [-0.05, 0) is 39.0 Å². The van der Waals surface area contributed by atoms with Crippen LogP contribution >= 0.6 is 0 Å². The molecule has 0 N–H and O–H groups in total. The second-order valence-electron chi connectivity index (χ2n) is 7.38. The maximum absolute atomic E-state index is 11.7. The third-order valence-electron chi connectivity index (χ3n) is 2.94. The van der Waals surface area contributed by atoms with Gasteiger partial charge in [-0.2, -0.15) is 4.31 Å². The average Bonchev–Trinajstić information content (AvgIpc) is 2.04. The third-order valence-corrected chi connectivity index (χ3v) is 4.47. The third kappa shape index (κ3) is 8.09. The lowest BCUT2D eigenvalue weighted by Crippen LogP contribution is -2.45. The second-order valence-corrected chi connectivity index (χ2v) is 9.28. The molecule has 0 aromatic carbocycles. The molecular weight excluding hydrogens is 246 g/mol. The van der Waals surface area contributed by atoms with E-state index in [9.17, 15) is 8.42 Å². The molecular formula is C14H31NO2S. The van der Waals surface area contributed by atoms with Gasteiger partial charge in [-0.3, -0.25) is 0 Å². The smallest absolute Gasteiger partial charge is 0.211 e. The highest BCUT2D eigenvalue weighted by Crippen LogP contribution is 2.23. The highest BCUT2D eigenvalue weighted by molar-refractivity contribution is 7.88. The summed E-state index contributed by atoms with van der Waals surface area (Å²) in [5.41, 5.74) is 0.0537. The number of hydrogen-bond donors (Lipinski definition) is 0. The molecule has 0 aliphatic carbocycles. The molecule has 0 aliphatic rings. The molecule has 0 fully saturated rings. The van der Waals surface area contributed by atoms with Gasteiger partial charge in [-0.15, -0.1) is 0 Å². The monoisotopic (exact) mass is 277 g/mol. The van der Waals surface area contributed by atoms with E-state index in [0.717, 1.165) is 12.8 Å². The molecule has 0 amide bonds. The van der Waals surface area contributed by atoms with Crippen LogP contribution in [0.1, 0.15) is 67.2 Å². The van der Waals surface area contributed by atoms with Crippen molar-refractivity contribution in [3.63, 3.8) is 0 Å². The first kappa shape index (κ1) is 17.9. The molecule has 18 heavy (non-hydrogen) atoms. The van der Waals surface area contributed by atoms with Gasteiger partial charge in [-0.25, -0.2) is 8.42 Å². The summed E-state index contributed by atoms with van der Waals surface area (Å²) < 4.78 is 25.1. The van der Waals surface area contributed by atoms with Crippen LogP contribution in [0.3, 0.4) is 0 Å². The van der Waals surface area contributed by atoms with Gasteiger partial charge in [0.2, 0.25) is 10.0 Å². The Morgan fingerprint density at radius 3 is 1.72 bits per heavy atom. The minimum atomic E-state index is -3.10. The van der Waals surface area contributed by atoms with Gasteiger partial charge in [0.05, 0.1) is 6.26 Å². The summed E-state index contributed by atoms with van der Waals surface area (Å²) in [4.78, 5) is 0. The molecule has 4 heteroatoms. The van der Waals surface area contributed by atoms with Crippen molar-refractivity contribution in [3.05, 3.63) is 0 Å². The Bertz CT molecular complexity index is 334. The molecule has 0 unspecified atom stereocenters. The van der Waals surface area contributed by atoms with E-state index in [2.05, 4.69) is 20.8 Å². The Hall–Kier alpha value is -0.0900. The van der Waals surface area contributed by atoms with Crippen LogP contribution in [0.5, 0.6) is 0 Å². The normalized spacial score (nSPS) is 14.2. The second kappa shape index (κ2) is 6.38. The Kier molecular flexibility index (Phi) is 6.34. The number of nitrogens with zero attached hydrogens (tertiary/aromatic N) is 1. The van der Waals surface area contributed by atoms with Crippen LogP contribution in [0.15, 0.2) is 0 Å². The highest BCUT2D eigenvalue weighted by Gasteiger charge is 2.28. The van der Waals surface area contributed by atoms with Gasteiger partial charge < -0.3 is 0 Å². The Morgan fingerprint density at radius 2 is 1.39 bits per heavy atom. The van der Waals surface area contributed by atoms with Gasteiger partial charge in [0.25, 0.3) is 0 Å². The van der Waals surface area contributed by atoms with E-state index >= 15 is 0 Å². The first-order valence-electron chi connectivity index (χ1n) is 6.82. The lowest BCUT2D eigenvalue weighted by atomic mass is 9.89. The summed E-state index contributed by atoms with van der Waals surface area (Å²) in [7, 11) is -3.10. The highest BCUT2D eigenvalue weighted by atomic mass is 32.2. The first-order chi connectivity index (χ1) is 7.84. The standard InChI is InChI=1S/C14H31NO2S/c1-13(2,3)11-9-8-10-12-15(14(4,5)6)18(7,16)17/h8-12H2,1-7H3. The van der Waals surface area contributed by atoms with Crippen molar-refractivity contribution in [1.29, 1.82) is 0 Å². The molecule has 0 bridgehead atoms. The largest absolute Gasteiger partial charge is 0.212 e. The van der Waals surface area contributed by atoms with E-state index in [1.54, 1.807) is 4.31 Å². The topological polar surface area (TPSA) is 37.4 Å². The first-order valence-corrected chi connectivity index (χ1v) is 8.67. The SMILES string of the molecule is CC(C)(C)CCCCCN(C(C)(C)C)S(C)(=O)=O. The van der Waals surface area contributed by atoms with Crippen LogP contribution in [-0.4, -0.2) is 31.1 Å². The average molecular weight is 277 g/mol. The van der Waals surface area contributed by atoms with Crippen molar-refractivity contribution >= 4 is 10.0 Å². The van der Waals surface area contributed by atoms with Crippen LogP contribution in [-0.2, 0) is 10.0 Å². The van der Waals surface area contributed by atoms with E-state index in [-0.39, 0.29) is 5.54 Å². The van der Waals surface area contributed by atoms with Gasteiger partial charge >= 0.3 is 0 Å². The van der Waals surface area contributed by atoms with Gasteiger partial charge in [0.1, 0.15) is 0 Å². The van der Waals surface area contributed by atoms with Gasteiger partial charge in [-0.1, -0.05) is 33.6 Å². The van der Waals surface area contributed by atoms with Crippen LogP contribution in [0, 0.1) is 5.41 Å². The van der Waals surface area contributed by atoms with Crippen molar-refractivity contribution in [3.8, 4) is 0 Å². The maximum atomic E-state index is 11.7. The van der Waals surface area contributed by atoms with Crippen molar-refractivity contribution < 1.29 is 8.42 Å². The van der Waals surface area contributed by atoms with Crippen molar-refractivity contribution in [2.45, 2.75) is 72.8 Å². The maximum Gasteiger partial charge on any atom is 0.211 e. The zero-order valence-corrected chi connectivity index (χ0v) is 14.0. The summed E-state index contributed by atoms with van der Waals surface area (Å²) in [6.45, 7) is 13.2. The minimum Gasteiger partial charge on any atom is -0.212 e. The van der Waals surface area contributed by atoms with Crippen LogP contribution < -0.4 is 0 Å². The summed E-state index contributed by atoms with van der Waals surface area (Å²) in [5.74, 6) is 0. The fourth-order valence-electron chi connectivity index (χ4n) is 2.09. The molecule has 0 aromatic rings. The molecule has 0 aromatic heterocycles. The Balaban J connectivity index is 4.17. The zero-order chi connectivity index (χ0) is 14.6. The summed E-state index contributed by atoms with van der Waals surface area (Å²) in [6.07, 6.45) is 5.71. The van der Waals surface area contributed by atoms with Crippen LogP contribution in [0.2, 0.25) is 0 Å². The van der Waals surface area contributed by atoms with Crippen molar-refractivity contribution in [1.82, 2.24) is 4.31 Å². The molecule has 0 radical (unpaired) electrons. The minimum absolute atomic E-state index is 0.322. The molecule has 0 heterocycles. The predicted molar refractivity (Wildman–Crippen MR) is 79.2 cm³/mol. The lowest BCUT2D eigenvalue weighted by molar-refractivity contribution is 0.244. The molecule has 0 aliphatic heterocycles. The van der Waals surface area contributed by atoms with E-state index in [1.165, 1.54) is 19.1 Å². The van der Waals surface area contributed by atoms with E-state index in [4.69, 9.17) is 0 Å². The Morgan fingerprint density at radius 1 is 0.889 bits per heavy atom. The lowest BCUT2D eigenvalue weighted by Gasteiger charge is -2.33. The molecule has 0 saturated heterocycles. The molecule has 110 valence electrons. The molecule has 3 nitrogen and oxygen atoms in total. The molecule has 0 atom stereocenters. The van der Waals surface area contributed by atoms with Crippen molar-refractivity contribution in [2.24, 2.45) is 5.41 Å². The number of sulfonamides is 1. The Labute approximate surface area is 114 Å². The molecule has 0 saturated carbocycles. The quantitative estimate of drug-likeness (QED) is 0.695. The van der Waals surface area contributed by atoms with Gasteiger partial charge in [0, 0.05) is 12.1 Å². The van der Waals surface area contributed by atoms with E-state index < -0.39 is 10.0 Å². The van der Waals surface area contributed by atoms with E-state index in [0.29, 0.717) is 12.0 Å². The zero-order valence-electron chi connectivity index (χ0n) is 13.2. The summed E-state index contributed by atoms with van der Waals surface area (Å²) in [5, 5.41) is 0. The van der Waals surface area contributed by atoms with E-state index in [1.807, 2.05) is 20.8 Å².